The first-order valence-corrected chi connectivity index (χ1v) is 9.17. The molecule has 0 unspecified atom stereocenters. The number of carbonyl (C=O) groups excluding carboxylic acids is 3. The van der Waals surface area contributed by atoms with Crippen LogP contribution >= 0.6 is 0 Å². The standard InChI is InChI=1S/C19H26N2O7/c1-5-13-7-9-26-10-14(19(24)27-11(13)2)21-18(23)16-17(28-12(3)22)15(25-4)6-8-20-16/h6,8,11,13-14H,5,7,9-10H2,1-4H3,(H,21,23)/t11-,13+,14-/m0/s1. The Hall–Kier alpha value is -2.68. The van der Waals surface area contributed by atoms with E-state index < -0.39 is 23.9 Å². The van der Waals surface area contributed by atoms with E-state index >= 15 is 0 Å². The quantitative estimate of drug-likeness (QED) is 0.748. The molecule has 154 valence electrons. The Balaban J connectivity index is 2.21. The van der Waals surface area contributed by atoms with Crippen molar-refractivity contribution in [3.63, 3.8) is 0 Å². The Bertz CT molecular complexity index is 722. The minimum Gasteiger partial charge on any atom is -0.493 e. The van der Waals surface area contributed by atoms with Gasteiger partial charge in [0.25, 0.3) is 5.91 Å². The van der Waals surface area contributed by atoms with Gasteiger partial charge in [0.2, 0.25) is 5.75 Å². The molecule has 0 aromatic carbocycles. The maximum absolute atomic E-state index is 12.7. The van der Waals surface area contributed by atoms with Gasteiger partial charge in [-0.15, -0.1) is 0 Å². The third-order valence-corrected chi connectivity index (χ3v) is 4.55. The Morgan fingerprint density at radius 1 is 1.39 bits per heavy atom. The van der Waals surface area contributed by atoms with Crippen molar-refractivity contribution in [1.29, 1.82) is 0 Å². The third-order valence-electron chi connectivity index (χ3n) is 4.55. The van der Waals surface area contributed by atoms with E-state index in [4.69, 9.17) is 18.9 Å². The van der Waals surface area contributed by atoms with Gasteiger partial charge >= 0.3 is 11.9 Å². The van der Waals surface area contributed by atoms with Crippen LogP contribution in [0.5, 0.6) is 11.5 Å². The molecule has 1 aromatic rings. The summed E-state index contributed by atoms with van der Waals surface area (Å²) >= 11 is 0. The highest BCUT2D eigenvalue weighted by molar-refractivity contribution is 5.98. The highest BCUT2D eigenvalue weighted by atomic mass is 16.6. The number of nitrogens with one attached hydrogen (secondary N) is 1. The van der Waals surface area contributed by atoms with Crippen molar-refractivity contribution < 1.29 is 33.3 Å². The second kappa shape index (κ2) is 10.0. The molecule has 0 aliphatic carbocycles. The first-order chi connectivity index (χ1) is 13.4. The van der Waals surface area contributed by atoms with Gasteiger partial charge in [-0.05, 0) is 25.7 Å². The van der Waals surface area contributed by atoms with Crippen LogP contribution in [0.3, 0.4) is 0 Å². The maximum Gasteiger partial charge on any atom is 0.331 e. The molecule has 0 bridgehead atoms. The smallest absolute Gasteiger partial charge is 0.331 e. The van der Waals surface area contributed by atoms with Crippen molar-refractivity contribution in [1.82, 2.24) is 10.3 Å². The summed E-state index contributed by atoms with van der Waals surface area (Å²) in [6.45, 7) is 5.49. The molecule has 0 spiro atoms. The summed E-state index contributed by atoms with van der Waals surface area (Å²) in [4.78, 5) is 40.6. The molecule has 3 atom stereocenters. The Morgan fingerprint density at radius 3 is 2.79 bits per heavy atom. The number of methoxy groups -OCH3 is 1. The largest absolute Gasteiger partial charge is 0.493 e. The van der Waals surface area contributed by atoms with Crippen LogP contribution in [-0.2, 0) is 19.1 Å². The molecule has 2 rings (SSSR count). The lowest BCUT2D eigenvalue weighted by Gasteiger charge is -2.23. The monoisotopic (exact) mass is 394 g/mol. The molecular formula is C19H26N2O7. The molecule has 1 N–H and O–H groups in total. The fourth-order valence-corrected chi connectivity index (χ4v) is 2.96. The van der Waals surface area contributed by atoms with Crippen molar-refractivity contribution in [2.45, 2.75) is 45.8 Å². The highest BCUT2D eigenvalue weighted by Crippen LogP contribution is 2.29. The molecule has 0 saturated carbocycles. The first-order valence-electron chi connectivity index (χ1n) is 9.17. The molecule has 2 heterocycles. The average molecular weight is 394 g/mol. The second-order valence-corrected chi connectivity index (χ2v) is 6.48. The van der Waals surface area contributed by atoms with Crippen LogP contribution in [0.4, 0.5) is 0 Å². The normalized spacial score (nSPS) is 22.9. The summed E-state index contributed by atoms with van der Waals surface area (Å²) in [5.74, 6) is -1.69. The molecule has 1 amide bonds. The molecule has 1 aliphatic heterocycles. The van der Waals surface area contributed by atoms with E-state index in [1.165, 1.54) is 26.3 Å². The summed E-state index contributed by atoms with van der Waals surface area (Å²) in [6, 6.07) is 0.447. The lowest BCUT2D eigenvalue weighted by Crippen LogP contribution is -2.46. The lowest BCUT2D eigenvalue weighted by molar-refractivity contribution is -0.153. The van der Waals surface area contributed by atoms with Gasteiger partial charge in [0.05, 0.1) is 13.7 Å². The number of rotatable bonds is 5. The average Bonchev–Trinajstić information content (AvgIpc) is 2.71. The van der Waals surface area contributed by atoms with E-state index in [0.29, 0.717) is 6.61 Å². The van der Waals surface area contributed by atoms with Gasteiger partial charge in [0.1, 0.15) is 6.10 Å². The number of nitrogens with zero attached hydrogens (tertiary/aromatic N) is 1. The SMILES string of the molecule is CC[C@@H]1CCOC[C@H](NC(=O)c2nccc(OC)c2OC(C)=O)C(=O)O[C@H]1C. The molecule has 1 aliphatic rings. The van der Waals surface area contributed by atoms with E-state index in [0.717, 1.165) is 12.8 Å². The number of pyridine rings is 1. The Kier molecular flexibility index (Phi) is 7.74. The summed E-state index contributed by atoms with van der Waals surface area (Å²) in [7, 11) is 1.37. The van der Waals surface area contributed by atoms with Crippen LogP contribution in [0, 0.1) is 5.92 Å². The van der Waals surface area contributed by atoms with Gasteiger partial charge in [0.15, 0.2) is 17.5 Å². The van der Waals surface area contributed by atoms with E-state index in [1.54, 1.807) is 0 Å². The Morgan fingerprint density at radius 2 is 2.14 bits per heavy atom. The maximum atomic E-state index is 12.7. The zero-order chi connectivity index (χ0) is 20.7. The minimum atomic E-state index is -1.01. The number of carbonyl (C=O) groups is 3. The van der Waals surface area contributed by atoms with Gasteiger partial charge in [-0.3, -0.25) is 9.59 Å². The molecule has 9 heteroatoms. The summed E-state index contributed by atoms with van der Waals surface area (Å²) in [6.07, 6.45) is 2.67. The number of ether oxygens (including phenoxy) is 4. The van der Waals surface area contributed by atoms with Crippen LogP contribution in [0.2, 0.25) is 0 Å². The van der Waals surface area contributed by atoms with Gasteiger partial charge in [-0.25, -0.2) is 9.78 Å². The van der Waals surface area contributed by atoms with Crippen LogP contribution < -0.4 is 14.8 Å². The van der Waals surface area contributed by atoms with Crippen LogP contribution in [0.25, 0.3) is 0 Å². The fourth-order valence-electron chi connectivity index (χ4n) is 2.96. The van der Waals surface area contributed by atoms with Gasteiger partial charge < -0.3 is 24.3 Å². The van der Waals surface area contributed by atoms with E-state index in [1.807, 2.05) is 13.8 Å². The number of amides is 1. The van der Waals surface area contributed by atoms with Crippen molar-refractivity contribution in [2.24, 2.45) is 5.92 Å². The van der Waals surface area contributed by atoms with Crippen molar-refractivity contribution in [3.05, 3.63) is 18.0 Å². The predicted molar refractivity (Wildman–Crippen MR) is 98.1 cm³/mol. The second-order valence-electron chi connectivity index (χ2n) is 6.48. The van der Waals surface area contributed by atoms with Crippen molar-refractivity contribution >= 4 is 17.8 Å². The summed E-state index contributed by atoms with van der Waals surface area (Å²) in [5, 5.41) is 2.55. The number of hydrogen-bond acceptors (Lipinski definition) is 8. The molecule has 1 aromatic heterocycles. The van der Waals surface area contributed by atoms with Gasteiger partial charge in [0, 0.05) is 25.8 Å². The van der Waals surface area contributed by atoms with Gasteiger partial charge in [-0.2, -0.15) is 0 Å². The topological polar surface area (TPSA) is 113 Å². The Labute approximate surface area is 163 Å². The molecule has 0 radical (unpaired) electrons. The van der Waals surface area contributed by atoms with Crippen LogP contribution in [0.15, 0.2) is 12.3 Å². The fraction of sp³-hybridized carbons (Fsp3) is 0.579. The first kappa shape index (κ1) is 21.6. The molecule has 1 fully saturated rings. The zero-order valence-corrected chi connectivity index (χ0v) is 16.5. The van der Waals surface area contributed by atoms with Crippen LogP contribution in [0.1, 0.15) is 44.1 Å². The summed E-state index contributed by atoms with van der Waals surface area (Å²) < 4.78 is 21.3. The van der Waals surface area contributed by atoms with Crippen LogP contribution in [-0.4, -0.2) is 55.3 Å². The van der Waals surface area contributed by atoms with E-state index in [9.17, 15) is 14.4 Å². The van der Waals surface area contributed by atoms with Gasteiger partial charge in [-0.1, -0.05) is 6.92 Å². The molecular weight excluding hydrogens is 368 g/mol. The third kappa shape index (κ3) is 5.41. The molecule has 1 saturated heterocycles. The predicted octanol–water partition coefficient (Wildman–Crippen LogP) is 1.49. The zero-order valence-electron chi connectivity index (χ0n) is 16.5. The molecule has 9 nitrogen and oxygen atoms in total. The molecule has 28 heavy (non-hydrogen) atoms. The number of hydrogen-bond donors (Lipinski definition) is 1. The minimum absolute atomic E-state index is 0.0272. The van der Waals surface area contributed by atoms with Crippen molar-refractivity contribution in [3.8, 4) is 11.5 Å². The number of esters is 2. The lowest BCUT2D eigenvalue weighted by atomic mass is 9.97. The van der Waals surface area contributed by atoms with E-state index in [2.05, 4.69) is 10.3 Å². The number of cyclic esters (lactones) is 1. The van der Waals surface area contributed by atoms with Crippen molar-refractivity contribution in [2.75, 3.05) is 20.3 Å². The number of aromatic nitrogens is 1. The highest BCUT2D eigenvalue weighted by Gasteiger charge is 2.31. The van der Waals surface area contributed by atoms with E-state index in [-0.39, 0.29) is 35.8 Å². The summed E-state index contributed by atoms with van der Waals surface area (Å²) in [5.41, 5.74) is -0.179.